The Morgan fingerprint density at radius 3 is 2.50 bits per heavy atom. The number of thiophene rings is 1. The first-order valence-corrected chi connectivity index (χ1v) is 5.94. The highest BCUT2D eigenvalue weighted by atomic mass is 32.2. The normalized spacial score (nSPS) is 11.4. The Balaban J connectivity index is 3.25. The molecule has 2 N–H and O–H groups in total. The fourth-order valence-electron chi connectivity index (χ4n) is 0.949. The average Bonchev–Trinajstić information content (AvgIpc) is 2.45. The molecule has 0 fully saturated rings. The number of carbonyl (C=O) groups is 1. The maximum absolute atomic E-state index is 11.1. The largest absolute Gasteiger partial charge is 0.465 e. The van der Waals surface area contributed by atoms with E-state index in [1.165, 1.54) is 13.2 Å². The highest BCUT2D eigenvalue weighted by Crippen LogP contribution is 2.25. The molecule has 14 heavy (non-hydrogen) atoms. The Hall–Kier alpha value is -0.920. The lowest BCUT2D eigenvalue weighted by Crippen LogP contribution is -2.12. The molecule has 0 spiro atoms. The number of rotatable bonds is 2. The molecule has 1 rings (SSSR count). The molecule has 1 heterocycles. The van der Waals surface area contributed by atoms with Gasteiger partial charge in [-0.1, -0.05) is 0 Å². The van der Waals surface area contributed by atoms with Crippen LogP contribution >= 0.6 is 11.3 Å². The second-order valence-corrected chi connectivity index (χ2v) is 5.35. The second kappa shape index (κ2) is 3.68. The van der Waals surface area contributed by atoms with Crippen LogP contribution < -0.4 is 5.14 Å². The number of methoxy groups -OCH3 is 1. The van der Waals surface area contributed by atoms with Gasteiger partial charge in [-0.2, -0.15) is 0 Å². The molecule has 1 aromatic rings. The maximum atomic E-state index is 11.1. The number of ether oxygens (including phenoxy) is 1. The van der Waals surface area contributed by atoms with Gasteiger partial charge in [0.05, 0.1) is 12.0 Å². The summed E-state index contributed by atoms with van der Waals surface area (Å²) in [6.07, 6.45) is 0. The number of primary sulfonamides is 1. The van der Waals surface area contributed by atoms with Crippen LogP contribution in [-0.4, -0.2) is 21.5 Å². The summed E-state index contributed by atoms with van der Waals surface area (Å²) in [5.74, 6) is -0.562. The maximum Gasteiger partial charge on any atom is 0.348 e. The summed E-state index contributed by atoms with van der Waals surface area (Å²) in [5, 5.41) is 4.94. The van der Waals surface area contributed by atoms with Gasteiger partial charge in [0.15, 0.2) is 0 Å². The van der Waals surface area contributed by atoms with Crippen LogP contribution in [0, 0.1) is 6.92 Å². The molecule has 0 saturated heterocycles. The zero-order chi connectivity index (χ0) is 10.9. The molecule has 0 unspecified atom stereocenters. The Bertz CT molecular complexity index is 460. The van der Waals surface area contributed by atoms with Crippen LogP contribution in [0.1, 0.15) is 14.5 Å². The van der Waals surface area contributed by atoms with E-state index in [2.05, 4.69) is 4.74 Å². The summed E-state index contributed by atoms with van der Waals surface area (Å²) < 4.78 is 26.5. The van der Waals surface area contributed by atoms with Gasteiger partial charge < -0.3 is 4.74 Å². The predicted octanol–water partition coefficient (Wildman–Crippen LogP) is 0.491. The van der Waals surface area contributed by atoms with E-state index >= 15 is 0 Å². The van der Waals surface area contributed by atoms with Gasteiger partial charge >= 0.3 is 5.97 Å². The smallest absolute Gasteiger partial charge is 0.348 e. The molecule has 0 aliphatic rings. The van der Waals surface area contributed by atoms with E-state index in [1.807, 2.05) is 0 Å². The van der Waals surface area contributed by atoms with E-state index in [0.29, 0.717) is 4.88 Å². The third-order valence-electron chi connectivity index (χ3n) is 1.57. The summed E-state index contributed by atoms with van der Waals surface area (Å²) in [5.41, 5.74) is 0. The van der Waals surface area contributed by atoms with Gasteiger partial charge in [-0.25, -0.2) is 18.4 Å². The lowest BCUT2D eigenvalue weighted by Gasteiger charge is -1.92. The van der Waals surface area contributed by atoms with Crippen LogP contribution in [-0.2, 0) is 14.8 Å². The molecule has 0 atom stereocenters. The SMILES string of the molecule is COC(=O)c1cc(S(N)(=O)=O)c(C)s1. The van der Waals surface area contributed by atoms with Gasteiger partial charge in [0.25, 0.3) is 0 Å². The fourth-order valence-corrected chi connectivity index (χ4v) is 3.01. The summed E-state index contributed by atoms with van der Waals surface area (Å²) >= 11 is 1.04. The Morgan fingerprint density at radius 2 is 2.14 bits per heavy atom. The van der Waals surface area contributed by atoms with Crippen molar-refractivity contribution in [3.8, 4) is 0 Å². The van der Waals surface area contributed by atoms with Crippen LogP contribution in [0.15, 0.2) is 11.0 Å². The van der Waals surface area contributed by atoms with Gasteiger partial charge in [-0.3, -0.25) is 0 Å². The molecule has 0 amide bonds. The standard InChI is InChI=1S/C7H9NO4S2/c1-4-6(14(8,10)11)3-5(13-4)7(9)12-2/h3H,1-2H3,(H2,8,10,11). The minimum atomic E-state index is -3.75. The monoisotopic (exact) mass is 235 g/mol. The number of aryl methyl sites for hydroxylation is 1. The minimum absolute atomic E-state index is 0.0251. The lowest BCUT2D eigenvalue weighted by molar-refractivity contribution is 0.0606. The van der Waals surface area contributed by atoms with Crippen molar-refractivity contribution in [2.75, 3.05) is 7.11 Å². The van der Waals surface area contributed by atoms with E-state index in [1.54, 1.807) is 6.92 Å². The molecule has 0 bridgehead atoms. The van der Waals surface area contributed by atoms with Crippen LogP contribution in [0.4, 0.5) is 0 Å². The van der Waals surface area contributed by atoms with Crippen LogP contribution in [0.3, 0.4) is 0 Å². The van der Waals surface area contributed by atoms with E-state index in [4.69, 9.17) is 5.14 Å². The zero-order valence-corrected chi connectivity index (χ0v) is 9.24. The number of carbonyl (C=O) groups excluding carboxylic acids is 1. The van der Waals surface area contributed by atoms with Gasteiger partial charge in [0.1, 0.15) is 4.88 Å². The van der Waals surface area contributed by atoms with Crippen LogP contribution in [0.25, 0.3) is 0 Å². The molecule has 0 saturated carbocycles. The van der Waals surface area contributed by atoms with Crippen LogP contribution in [0.2, 0.25) is 0 Å². The molecule has 0 aliphatic heterocycles. The molecular weight excluding hydrogens is 226 g/mol. The van der Waals surface area contributed by atoms with Crippen molar-refractivity contribution in [3.05, 3.63) is 15.8 Å². The minimum Gasteiger partial charge on any atom is -0.465 e. The topological polar surface area (TPSA) is 86.5 Å². The summed E-state index contributed by atoms with van der Waals surface area (Å²) in [6.45, 7) is 1.58. The molecule has 78 valence electrons. The van der Waals surface area contributed by atoms with Gasteiger partial charge in [-0.05, 0) is 13.0 Å². The Labute approximate surface area is 85.5 Å². The van der Waals surface area contributed by atoms with Crippen molar-refractivity contribution in [3.63, 3.8) is 0 Å². The first-order valence-electron chi connectivity index (χ1n) is 3.58. The summed E-state index contributed by atoms with van der Waals surface area (Å²) in [6, 6.07) is 1.22. The predicted molar refractivity (Wildman–Crippen MR) is 51.8 cm³/mol. The van der Waals surface area contributed by atoms with Crippen molar-refractivity contribution in [2.45, 2.75) is 11.8 Å². The lowest BCUT2D eigenvalue weighted by atomic mass is 10.4. The Morgan fingerprint density at radius 1 is 1.57 bits per heavy atom. The molecular formula is C7H9NO4S2. The number of nitrogens with two attached hydrogens (primary N) is 1. The highest BCUT2D eigenvalue weighted by Gasteiger charge is 2.19. The molecule has 7 heteroatoms. The third-order valence-corrected chi connectivity index (χ3v) is 3.76. The first-order chi connectivity index (χ1) is 6.36. The van der Waals surface area contributed by atoms with Gasteiger partial charge in [0, 0.05) is 4.88 Å². The van der Waals surface area contributed by atoms with Crippen molar-refractivity contribution >= 4 is 27.3 Å². The Kier molecular flexibility index (Phi) is 2.93. The molecule has 0 radical (unpaired) electrons. The van der Waals surface area contributed by atoms with Crippen molar-refractivity contribution < 1.29 is 17.9 Å². The van der Waals surface area contributed by atoms with E-state index in [-0.39, 0.29) is 9.77 Å². The summed E-state index contributed by atoms with van der Waals surface area (Å²) in [4.78, 5) is 11.7. The first kappa shape index (κ1) is 11.2. The molecule has 1 aromatic heterocycles. The van der Waals surface area contributed by atoms with E-state index in [0.717, 1.165) is 11.3 Å². The van der Waals surface area contributed by atoms with E-state index in [9.17, 15) is 13.2 Å². The molecule has 5 nitrogen and oxygen atoms in total. The van der Waals surface area contributed by atoms with Gasteiger partial charge in [0.2, 0.25) is 10.0 Å². The number of esters is 1. The zero-order valence-electron chi connectivity index (χ0n) is 7.60. The van der Waals surface area contributed by atoms with Gasteiger partial charge in [-0.15, -0.1) is 11.3 Å². The van der Waals surface area contributed by atoms with Crippen molar-refractivity contribution in [1.29, 1.82) is 0 Å². The molecule has 0 aliphatic carbocycles. The van der Waals surface area contributed by atoms with Crippen molar-refractivity contribution in [1.82, 2.24) is 0 Å². The van der Waals surface area contributed by atoms with Crippen LogP contribution in [0.5, 0.6) is 0 Å². The van der Waals surface area contributed by atoms with E-state index < -0.39 is 16.0 Å². The number of sulfonamides is 1. The number of hydrogen-bond donors (Lipinski definition) is 1. The number of hydrogen-bond acceptors (Lipinski definition) is 5. The van der Waals surface area contributed by atoms with Crippen molar-refractivity contribution in [2.24, 2.45) is 5.14 Å². The second-order valence-electron chi connectivity index (χ2n) is 2.57. The average molecular weight is 235 g/mol. The fraction of sp³-hybridized carbons (Fsp3) is 0.286. The molecule has 0 aromatic carbocycles. The highest BCUT2D eigenvalue weighted by molar-refractivity contribution is 7.89. The summed E-state index contributed by atoms with van der Waals surface area (Å²) in [7, 11) is -2.52. The third kappa shape index (κ3) is 2.11. The quantitative estimate of drug-likeness (QED) is 0.756.